The first kappa shape index (κ1) is 19.9. The summed E-state index contributed by atoms with van der Waals surface area (Å²) in [7, 11) is 0. The molecule has 2 rings (SSSR count). The van der Waals surface area contributed by atoms with Crippen LogP contribution in [-0.4, -0.2) is 31.6 Å². The summed E-state index contributed by atoms with van der Waals surface area (Å²) in [6, 6.07) is 11.9. The summed E-state index contributed by atoms with van der Waals surface area (Å²) in [5.41, 5.74) is 7.54. The van der Waals surface area contributed by atoms with Gasteiger partial charge in [-0.25, -0.2) is 0 Å². The molecule has 0 radical (unpaired) electrons. The Morgan fingerprint density at radius 2 is 1.85 bits per heavy atom. The van der Waals surface area contributed by atoms with Crippen LogP contribution in [0.4, 0.5) is 5.69 Å². The van der Waals surface area contributed by atoms with E-state index in [2.05, 4.69) is 0 Å². The zero-order chi connectivity index (χ0) is 19.1. The number of halogens is 1. The molecular formula is C20H23ClN2O3. The molecule has 2 N–H and O–H groups in total. The van der Waals surface area contributed by atoms with Gasteiger partial charge in [-0.3, -0.25) is 9.59 Å². The van der Waals surface area contributed by atoms with E-state index in [0.717, 1.165) is 12.0 Å². The molecule has 2 amide bonds. The summed E-state index contributed by atoms with van der Waals surface area (Å²) in [4.78, 5) is 26.5. The number of primary amides is 1. The van der Waals surface area contributed by atoms with E-state index in [1.165, 1.54) is 4.90 Å². The van der Waals surface area contributed by atoms with Gasteiger partial charge in [0, 0.05) is 23.7 Å². The Hall–Kier alpha value is -2.37. The van der Waals surface area contributed by atoms with Crippen molar-refractivity contribution in [2.24, 2.45) is 5.73 Å². The third kappa shape index (κ3) is 4.84. The SMILES string of the molecule is CCCOCCN(C(=O)c1ccc(Cl)cc1C)c1ccccc1C(N)=O. The van der Waals surface area contributed by atoms with Gasteiger partial charge in [-0.2, -0.15) is 0 Å². The molecule has 0 spiro atoms. The number of aryl methyl sites for hydroxylation is 1. The molecule has 5 nitrogen and oxygen atoms in total. The van der Waals surface area contributed by atoms with Crippen molar-refractivity contribution in [2.45, 2.75) is 20.3 Å². The highest BCUT2D eigenvalue weighted by molar-refractivity contribution is 6.30. The Kier molecular flexibility index (Phi) is 7.18. The van der Waals surface area contributed by atoms with Crippen molar-refractivity contribution in [3.63, 3.8) is 0 Å². The summed E-state index contributed by atoms with van der Waals surface area (Å²) < 4.78 is 5.54. The number of nitrogens with zero attached hydrogens (tertiary/aromatic N) is 1. The first-order valence-corrected chi connectivity index (χ1v) is 8.88. The van der Waals surface area contributed by atoms with Crippen molar-refractivity contribution in [1.82, 2.24) is 0 Å². The number of nitrogens with two attached hydrogens (primary N) is 1. The molecule has 0 heterocycles. The largest absolute Gasteiger partial charge is 0.380 e. The van der Waals surface area contributed by atoms with Crippen LogP contribution in [0.3, 0.4) is 0 Å². The maximum atomic E-state index is 13.2. The second kappa shape index (κ2) is 9.36. The fraction of sp³-hybridized carbons (Fsp3) is 0.300. The van der Waals surface area contributed by atoms with Crippen LogP contribution in [-0.2, 0) is 4.74 Å². The quantitative estimate of drug-likeness (QED) is 0.714. The summed E-state index contributed by atoms with van der Waals surface area (Å²) in [6.45, 7) is 5.12. The van der Waals surface area contributed by atoms with Gasteiger partial charge in [0.25, 0.3) is 11.8 Å². The fourth-order valence-electron chi connectivity index (χ4n) is 2.66. The van der Waals surface area contributed by atoms with Gasteiger partial charge in [0.1, 0.15) is 0 Å². The van der Waals surface area contributed by atoms with Gasteiger partial charge >= 0.3 is 0 Å². The molecular weight excluding hydrogens is 352 g/mol. The van der Waals surface area contributed by atoms with Crippen molar-refractivity contribution >= 4 is 29.1 Å². The Labute approximate surface area is 158 Å². The molecule has 2 aromatic carbocycles. The Morgan fingerprint density at radius 3 is 2.50 bits per heavy atom. The molecule has 0 atom stereocenters. The van der Waals surface area contributed by atoms with Crippen LogP contribution in [0.5, 0.6) is 0 Å². The van der Waals surface area contributed by atoms with Crippen LogP contribution in [0.1, 0.15) is 39.6 Å². The van der Waals surface area contributed by atoms with Crippen LogP contribution >= 0.6 is 11.6 Å². The zero-order valence-corrected chi connectivity index (χ0v) is 15.8. The Bertz CT molecular complexity index is 792. The average molecular weight is 375 g/mol. The Balaban J connectivity index is 2.40. The number of rotatable bonds is 8. The van der Waals surface area contributed by atoms with Gasteiger partial charge in [0.15, 0.2) is 0 Å². The van der Waals surface area contributed by atoms with Crippen molar-refractivity contribution in [2.75, 3.05) is 24.7 Å². The predicted molar refractivity (Wildman–Crippen MR) is 104 cm³/mol. The van der Waals surface area contributed by atoms with Crippen molar-refractivity contribution < 1.29 is 14.3 Å². The van der Waals surface area contributed by atoms with E-state index in [-0.39, 0.29) is 5.91 Å². The van der Waals surface area contributed by atoms with E-state index in [0.29, 0.717) is 41.6 Å². The maximum absolute atomic E-state index is 13.2. The molecule has 0 aliphatic rings. The standard InChI is InChI=1S/C20H23ClN2O3/c1-3-11-26-12-10-23(18-7-5-4-6-17(18)19(22)24)20(25)16-9-8-15(21)13-14(16)2/h4-9,13H,3,10-12H2,1-2H3,(H2,22,24). The van der Waals surface area contributed by atoms with Crippen LogP contribution in [0.25, 0.3) is 0 Å². The van der Waals surface area contributed by atoms with Gasteiger partial charge in [-0.1, -0.05) is 30.7 Å². The lowest BCUT2D eigenvalue weighted by Crippen LogP contribution is -2.36. The summed E-state index contributed by atoms with van der Waals surface area (Å²) in [6.07, 6.45) is 0.891. The Morgan fingerprint density at radius 1 is 1.12 bits per heavy atom. The number of benzene rings is 2. The second-order valence-electron chi connectivity index (χ2n) is 5.91. The normalized spacial score (nSPS) is 10.6. The molecule has 26 heavy (non-hydrogen) atoms. The van der Waals surface area contributed by atoms with Crippen molar-refractivity contribution in [3.8, 4) is 0 Å². The van der Waals surface area contributed by atoms with E-state index >= 15 is 0 Å². The number of anilines is 1. The lowest BCUT2D eigenvalue weighted by molar-refractivity contribution is 0.0959. The van der Waals surface area contributed by atoms with Gasteiger partial charge in [0.05, 0.1) is 17.9 Å². The molecule has 0 saturated carbocycles. The number of hydrogen-bond donors (Lipinski definition) is 1. The molecule has 2 aromatic rings. The molecule has 0 bridgehead atoms. The van der Waals surface area contributed by atoms with Crippen molar-refractivity contribution in [3.05, 3.63) is 64.2 Å². The molecule has 6 heteroatoms. The number of ether oxygens (including phenoxy) is 1. The topological polar surface area (TPSA) is 72.6 Å². The van der Waals surface area contributed by atoms with Crippen molar-refractivity contribution in [1.29, 1.82) is 0 Å². The maximum Gasteiger partial charge on any atom is 0.258 e. The monoisotopic (exact) mass is 374 g/mol. The minimum atomic E-state index is -0.583. The second-order valence-corrected chi connectivity index (χ2v) is 6.35. The summed E-state index contributed by atoms with van der Waals surface area (Å²) in [5.74, 6) is -0.811. The highest BCUT2D eigenvalue weighted by Gasteiger charge is 2.23. The van der Waals surface area contributed by atoms with Crippen LogP contribution < -0.4 is 10.6 Å². The third-order valence-corrected chi connectivity index (χ3v) is 4.17. The fourth-order valence-corrected chi connectivity index (χ4v) is 2.89. The summed E-state index contributed by atoms with van der Waals surface area (Å²) >= 11 is 6.00. The number of carbonyl (C=O) groups is 2. The molecule has 0 aromatic heterocycles. The lowest BCUT2D eigenvalue weighted by atomic mass is 10.1. The minimum Gasteiger partial charge on any atom is -0.380 e. The van der Waals surface area contributed by atoms with Crippen LogP contribution in [0.2, 0.25) is 5.02 Å². The zero-order valence-electron chi connectivity index (χ0n) is 15.0. The molecule has 0 fully saturated rings. The third-order valence-electron chi connectivity index (χ3n) is 3.93. The molecule has 138 valence electrons. The number of amides is 2. The van der Waals surface area contributed by atoms with E-state index < -0.39 is 5.91 Å². The van der Waals surface area contributed by atoms with Gasteiger partial charge in [0.2, 0.25) is 0 Å². The number of para-hydroxylation sites is 1. The highest BCUT2D eigenvalue weighted by Crippen LogP contribution is 2.24. The number of carbonyl (C=O) groups excluding carboxylic acids is 2. The van der Waals surface area contributed by atoms with Crippen LogP contribution in [0, 0.1) is 6.92 Å². The smallest absolute Gasteiger partial charge is 0.258 e. The van der Waals surface area contributed by atoms with E-state index in [1.807, 2.05) is 13.8 Å². The molecule has 0 unspecified atom stereocenters. The van der Waals surface area contributed by atoms with Gasteiger partial charge < -0.3 is 15.4 Å². The average Bonchev–Trinajstić information content (AvgIpc) is 2.61. The predicted octanol–water partition coefficient (Wildman–Crippen LogP) is 3.82. The molecule has 0 aliphatic carbocycles. The highest BCUT2D eigenvalue weighted by atomic mass is 35.5. The molecule has 0 aliphatic heterocycles. The minimum absolute atomic E-state index is 0.229. The number of hydrogen-bond acceptors (Lipinski definition) is 3. The van der Waals surface area contributed by atoms with Gasteiger partial charge in [-0.15, -0.1) is 0 Å². The van der Waals surface area contributed by atoms with E-state index in [9.17, 15) is 9.59 Å². The lowest BCUT2D eigenvalue weighted by Gasteiger charge is -2.25. The van der Waals surface area contributed by atoms with Crippen LogP contribution in [0.15, 0.2) is 42.5 Å². The summed E-state index contributed by atoms with van der Waals surface area (Å²) in [5, 5.41) is 0.564. The first-order valence-electron chi connectivity index (χ1n) is 8.50. The first-order chi connectivity index (χ1) is 12.5. The molecule has 0 saturated heterocycles. The van der Waals surface area contributed by atoms with E-state index in [4.69, 9.17) is 22.1 Å². The van der Waals surface area contributed by atoms with E-state index in [1.54, 1.807) is 42.5 Å². The van der Waals surface area contributed by atoms with Gasteiger partial charge in [-0.05, 0) is 49.2 Å².